The van der Waals surface area contributed by atoms with Crippen molar-refractivity contribution in [3.05, 3.63) is 85.8 Å². The van der Waals surface area contributed by atoms with Gasteiger partial charge in [-0.15, -0.1) is 0 Å². The van der Waals surface area contributed by atoms with E-state index in [4.69, 9.17) is 11.7 Å². The maximum absolute atomic E-state index is 12.4. The van der Waals surface area contributed by atoms with Crippen LogP contribution in [0.3, 0.4) is 0 Å². The summed E-state index contributed by atoms with van der Waals surface area (Å²) in [7, 11) is 0. The molecule has 0 saturated carbocycles. The predicted octanol–water partition coefficient (Wildman–Crippen LogP) is 1.97. The molecule has 0 aliphatic heterocycles. The van der Waals surface area contributed by atoms with Gasteiger partial charge in [0.15, 0.2) is 10.9 Å². The fraction of sp³-hybridized carbons (Fsp3) is 0.143. The number of rotatable bonds is 3. The molecular formula is C21H21N5O2. The van der Waals surface area contributed by atoms with Crippen molar-refractivity contribution in [3.8, 4) is 0 Å². The molecule has 7 nitrogen and oxygen atoms in total. The second kappa shape index (κ2) is 6.45. The van der Waals surface area contributed by atoms with Crippen LogP contribution in [0.5, 0.6) is 0 Å². The van der Waals surface area contributed by atoms with Gasteiger partial charge in [0, 0.05) is 35.1 Å². The van der Waals surface area contributed by atoms with Crippen LogP contribution in [0.1, 0.15) is 16.7 Å². The number of nitrogen functional groups attached to an aromatic ring is 2. The van der Waals surface area contributed by atoms with Crippen LogP contribution in [0.2, 0.25) is 0 Å². The summed E-state index contributed by atoms with van der Waals surface area (Å²) < 4.78 is 2.92. The van der Waals surface area contributed by atoms with Crippen LogP contribution in [0.25, 0.3) is 21.8 Å². The number of hydrogen-bond acceptors (Lipinski definition) is 5. The van der Waals surface area contributed by atoms with E-state index in [1.165, 1.54) is 15.4 Å². The summed E-state index contributed by atoms with van der Waals surface area (Å²) in [6.07, 6.45) is 1.62. The Kier molecular flexibility index (Phi) is 4.07. The Morgan fingerprint density at radius 3 is 2.50 bits per heavy atom. The van der Waals surface area contributed by atoms with Crippen molar-refractivity contribution < 1.29 is 0 Å². The highest BCUT2D eigenvalue weighted by Gasteiger charge is 2.09. The van der Waals surface area contributed by atoms with E-state index >= 15 is 0 Å². The lowest BCUT2D eigenvalue weighted by molar-refractivity contribution is 0.994. The van der Waals surface area contributed by atoms with Gasteiger partial charge in [-0.1, -0.05) is 17.7 Å². The Hall–Kier alpha value is -3.74. The van der Waals surface area contributed by atoms with Gasteiger partial charge < -0.3 is 17.0 Å². The number of nitrogens with one attached hydrogen (secondary N) is 1. The number of benzene rings is 2. The summed E-state index contributed by atoms with van der Waals surface area (Å²) in [5.74, 6) is 12.7. The summed E-state index contributed by atoms with van der Waals surface area (Å²) in [4.78, 5) is 24.7. The summed E-state index contributed by atoms with van der Waals surface area (Å²) in [5.41, 5.74) is 3.69. The first-order valence-electron chi connectivity index (χ1n) is 8.90. The monoisotopic (exact) mass is 375 g/mol. The van der Waals surface area contributed by atoms with Gasteiger partial charge >= 0.3 is 0 Å². The van der Waals surface area contributed by atoms with Crippen LogP contribution in [0.15, 0.2) is 58.3 Å². The molecule has 0 radical (unpaired) electrons. The topological polar surface area (TPSA) is 108 Å². The van der Waals surface area contributed by atoms with Gasteiger partial charge in [-0.05, 0) is 43.7 Å². The Morgan fingerprint density at radius 1 is 0.929 bits per heavy atom. The van der Waals surface area contributed by atoms with Gasteiger partial charge in [-0.25, -0.2) is 4.68 Å². The van der Waals surface area contributed by atoms with Crippen LogP contribution in [0, 0.1) is 13.8 Å². The van der Waals surface area contributed by atoms with Crippen molar-refractivity contribution in [3.63, 3.8) is 0 Å². The van der Waals surface area contributed by atoms with Crippen molar-refractivity contribution in [2.75, 3.05) is 17.0 Å². The molecule has 28 heavy (non-hydrogen) atoms. The minimum absolute atomic E-state index is 0.0307. The molecule has 0 atom stereocenters. The maximum atomic E-state index is 12.4. The van der Waals surface area contributed by atoms with E-state index in [0.717, 1.165) is 11.1 Å². The van der Waals surface area contributed by atoms with E-state index in [2.05, 4.69) is 5.32 Å². The molecule has 4 rings (SSSR count). The van der Waals surface area contributed by atoms with Crippen LogP contribution in [-0.2, 0) is 6.54 Å². The zero-order valence-electron chi connectivity index (χ0n) is 15.7. The molecule has 0 fully saturated rings. The smallest absolute Gasteiger partial charge is 0.192 e. The Balaban J connectivity index is 1.70. The summed E-state index contributed by atoms with van der Waals surface area (Å²) >= 11 is 0. The molecule has 4 aromatic rings. The number of aryl methyl sites for hydroxylation is 2. The standard InChI is InChI=1S/C21H21N5O2/c1-12-3-6-17-16(7-12)19(27)9-20(26(17)23)24-10-14-4-5-15-18(8-14)25(22)11-13(2)21(15)28/h3-9,11,24H,10,22-23H2,1-2H3. The molecule has 0 bridgehead atoms. The Labute approximate surface area is 160 Å². The first kappa shape index (κ1) is 17.7. The molecule has 0 unspecified atom stereocenters. The largest absolute Gasteiger partial charge is 0.366 e. The van der Waals surface area contributed by atoms with Crippen molar-refractivity contribution in [1.82, 2.24) is 9.35 Å². The van der Waals surface area contributed by atoms with Crippen LogP contribution in [-0.4, -0.2) is 9.35 Å². The fourth-order valence-corrected chi connectivity index (χ4v) is 3.43. The van der Waals surface area contributed by atoms with Crippen LogP contribution in [0.4, 0.5) is 5.82 Å². The lowest BCUT2D eigenvalue weighted by atomic mass is 10.1. The second-order valence-electron chi connectivity index (χ2n) is 7.04. The Morgan fingerprint density at radius 2 is 1.71 bits per heavy atom. The van der Waals surface area contributed by atoms with E-state index in [1.807, 2.05) is 37.3 Å². The average Bonchev–Trinajstić information content (AvgIpc) is 2.67. The minimum atomic E-state index is -0.0901. The molecule has 2 aromatic heterocycles. The molecule has 2 heterocycles. The van der Waals surface area contributed by atoms with Gasteiger partial charge in [-0.2, -0.15) is 0 Å². The van der Waals surface area contributed by atoms with Gasteiger partial charge in [0.05, 0.1) is 11.0 Å². The number of aromatic nitrogens is 2. The summed E-state index contributed by atoms with van der Waals surface area (Å²) in [6, 6.07) is 12.6. The third-order valence-electron chi connectivity index (χ3n) is 4.95. The van der Waals surface area contributed by atoms with Crippen LogP contribution >= 0.6 is 0 Å². The van der Waals surface area contributed by atoms with Crippen molar-refractivity contribution in [1.29, 1.82) is 0 Å². The number of fused-ring (bicyclic) bond motifs is 2. The Bertz CT molecular complexity index is 1350. The van der Waals surface area contributed by atoms with E-state index in [0.29, 0.717) is 39.7 Å². The summed E-state index contributed by atoms with van der Waals surface area (Å²) in [5, 5.41) is 4.35. The molecule has 142 valence electrons. The van der Waals surface area contributed by atoms with Crippen molar-refractivity contribution >= 4 is 27.6 Å². The first-order valence-corrected chi connectivity index (χ1v) is 8.90. The fourth-order valence-electron chi connectivity index (χ4n) is 3.43. The maximum Gasteiger partial charge on any atom is 0.192 e. The van der Waals surface area contributed by atoms with E-state index in [1.54, 1.807) is 19.2 Å². The summed E-state index contributed by atoms with van der Waals surface area (Å²) in [6.45, 7) is 4.10. The van der Waals surface area contributed by atoms with Gasteiger partial charge in [-0.3, -0.25) is 14.3 Å². The van der Waals surface area contributed by atoms with Crippen molar-refractivity contribution in [2.45, 2.75) is 20.4 Å². The highest BCUT2D eigenvalue weighted by molar-refractivity contribution is 5.82. The van der Waals surface area contributed by atoms with E-state index in [-0.39, 0.29) is 10.9 Å². The van der Waals surface area contributed by atoms with Crippen LogP contribution < -0.4 is 27.9 Å². The minimum Gasteiger partial charge on any atom is -0.366 e. The molecule has 0 aliphatic rings. The third-order valence-corrected chi connectivity index (χ3v) is 4.95. The zero-order chi connectivity index (χ0) is 20.0. The predicted molar refractivity (Wildman–Crippen MR) is 114 cm³/mol. The molecule has 0 spiro atoms. The molecule has 0 aliphatic carbocycles. The number of hydrogen-bond donors (Lipinski definition) is 3. The van der Waals surface area contributed by atoms with Gasteiger partial charge in [0.25, 0.3) is 0 Å². The number of anilines is 1. The van der Waals surface area contributed by atoms with Crippen molar-refractivity contribution in [2.24, 2.45) is 0 Å². The van der Waals surface area contributed by atoms with E-state index < -0.39 is 0 Å². The lowest BCUT2D eigenvalue weighted by Gasteiger charge is -2.15. The van der Waals surface area contributed by atoms with E-state index in [9.17, 15) is 9.59 Å². The molecular weight excluding hydrogens is 354 g/mol. The second-order valence-corrected chi connectivity index (χ2v) is 7.04. The molecule has 0 saturated heterocycles. The third kappa shape index (κ3) is 2.87. The number of nitrogens with zero attached hydrogens (tertiary/aromatic N) is 2. The highest BCUT2D eigenvalue weighted by Crippen LogP contribution is 2.17. The molecule has 2 aromatic carbocycles. The molecule has 7 heteroatoms. The number of nitrogens with two attached hydrogens (primary N) is 2. The van der Waals surface area contributed by atoms with Gasteiger partial charge in [0.2, 0.25) is 0 Å². The average molecular weight is 375 g/mol. The zero-order valence-corrected chi connectivity index (χ0v) is 15.7. The SMILES string of the molecule is Cc1ccc2c(c1)c(=O)cc(NCc1ccc3c(=O)c(C)cn(N)c3c1)n2N. The quantitative estimate of drug-likeness (QED) is 0.475. The van der Waals surface area contributed by atoms with Gasteiger partial charge in [0.1, 0.15) is 5.82 Å². The lowest BCUT2D eigenvalue weighted by Crippen LogP contribution is -2.21. The molecule has 5 N–H and O–H groups in total. The first-order chi connectivity index (χ1) is 13.3. The number of pyridine rings is 2. The highest BCUT2D eigenvalue weighted by atomic mass is 16.1. The normalized spacial score (nSPS) is 11.2. The molecule has 0 amide bonds.